The van der Waals surface area contributed by atoms with Crippen LogP contribution in [-0.4, -0.2) is 35.6 Å². The van der Waals surface area contributed by atoms with Crippen molar-refractivity contribution in [2.24, 2.45) is 0 Å². The van der Waals surface area contributed by atoms with Gasteiger partial charge in [-0.15, -0.1) is 11.3 Å². The summed E-state index contributed by atoms with van der Waals surface area (Å²) in [7, 11) is 1.58. The summed E-state index contributed by atoms with van der Waals surface area (Å²) < 4.78 is 5.12. The fourth-order valence-corrected chi connectivity index (χ4v) is 3.93. The van der Waals surface area contributed by atoms with E-state index in [9.17, 15) is 9.59 Å². The first-order chi connectivity index (χ1) is 12.1. The largest absolute Gasteiger partial charge is 0.497 e. The lowest BCUT2D eigenvalue weighted by Gasteiger charge is -2.29. The van der Waals surface area contributed by atoms with E-state index in [2.05, 4.69) is 0 Å². The van der Waals surface area contributed by atoms with Crippen molar-refractivity contribution in [3.63, 3.8) is 0 Å². The Morgan fingerprint density at radius 2 is 2.00 bits per heavy atom. The SMILES string of the molecule is C/C=C1\CN(C(=O)c2ccc(OC)cc2)Cc2cc(C(=O)NO)sc21. The number of hydrogen-bond donors (Lipinski definition) is 2. The van der Waals surface area contributed by atoms with Crippen LogP contribution in [0.15, 0.2) is 36.4 Å². The van der Waals surface area contributed by atoms with E-state index in [-0.39, 0.29) is 5.91 Å². The predicted octanol–water partition coefficient (Wildman–Crippen LogP) is 2.94. The molecule has 2 aromatic rings. The lowest BCUT2D eigenvalue weighted by Crippen LogP contribution is -2.34. The van der Waals surface area contributed by atoms with Crippen LogP contribution < -0.4 is 10.2 Å². The van der Waals surface area contributed by atoms with Crippen LogP contribution in [0.5, 0.6) is 5.75 Å². The summed E-state index contributed by atoms with van der Waals surface area (Å²) >= 11 is 1.32. The molecule has 0 unspecified atom stereocenters. The van der Waals surface area contributed by atoms with Gasteiger partial charge in [-0.1, -0.05) is 6.08 Å². The van der Waals surface area contributed by atoms with Gasteiger partial charge in [-0.3, -0.25) is 14.8 Å². The number of allylic oxidation sites excluding steroid dienone is 1. The molecule has 0 saturated heterocycles. The summed E-state index contributed by atoms with van der Waals surface area (Å²) in [4.78, 5) is 27.6. The topological polar surface area (TPSA) is 78.9 Å². The Morgan fingerprint density at radius 3 is 2.60 bits per heavy atom. The molecule has 2 heterocycles. The molecule has 1 aliphatic heterocycles. The van der Waals surface area contributed by atoms with E-state index in [0.717, 1.165) is 16.0 Å². The molecule has 0 atom stereocenters. The molecule has 3 rings (SSSR count). The summed E-state index contributed by atoms with van der Waals surface area (Å²) in [5.41, 5.74) is 4.14. The normalized spacial score (nSPS) is 15.0. The zero-order valence-electron chi connectivity index (χ0n) is 13.9. The Balaban J connectivity index is 1.88. The quantitative estimate of drug-likeness (QED) is 0.653. The first-order valence-corrected chi connectivity index (χ1v) is 8.55. The Hall–Kier alpha value is -2.64. The van der Waals surface area contributed by atoms with Crippen molar-refractivity contribution < 1.29 is 19.5 Å². The van der Waals surface area contributed by atoms with Gasteiger partial charge < -0.3 is 9.64 Å². The van der Waals surface area contributed by atoms with Gasteiger partial charge in [0.05, 0.1) is 12.0 Å². The smallest absolute Gasteiger partial charge is 0.284 e. The lowest BCUT2D eigenvalue weighted by molar-refractivity contribution is 0.0711. The fraction of sp³-hybridized carbons (Fsp3) is 0.222. The van der Waals surface area contributed by atoms with Gasteiger partial charge in [-0.05, 0) is 48.4 Å². The minimum Gasteiger partial charge on any atom is -0.497 e. The third-order valence-electron chi connectivity index (χ3n) is 4.12. The van der Waals surface area contributed by atoms with Gasteiger partial charge in [0.2, 0.25) is 0 Å². The number of rotatable bonds is 3. The minimum absolute atomic E-state index is 0.0768. The predicted molar refractivity (Wildman–Crippen MR) is 95.0 cm³/mol. The van der Waals surface area contributed by atoms with Crippen molar-refractivity contribution in [3.8, 4) is 5.75 Å². The molecule has 0 radical (unpaired) electrons. The van der Waals surface area contributed by atoms with Crippen LogP contribution in [0.1, 0.15) is 37.4 Å². The van der Waals surface area contributed by atoms with Crippen molar-refractivity contribution in [2.45, 2.75) is 13.5 Å². The Bertz CT molecular complexity index is 839. The van der Waals surface area contributed by atoms with Crippen LogP contribution in [0.3, 0.4) is 0 Å². The Kier molecular flexibility index (Phi) is 4.87. The van der Waals surface area contributed by atoms with Crippen molar-refractivity contribution >= 4 is 28.7 Å². The van der Waals surface area contributed by atoms with Crippen molar-refractivity contribution in [3.05, 3.63) is 57.3 Å². The van der Waals surface area contributed by atoms with Crippen molar-refractivity contribution in [1.82, 2.24) is 10.4 Å². The third kappa shape index (κ3) is 3.29. The number of methoxy groups -OCH3 is 1. The molecule has 6 nitrogen and oxygen atoms in total. The second-order valence-corrected chi connectivity index (χ2v) is 6.66. The van der Waals surface area contributed by atoms with E-state index in [4.69, 9.17) is 9.94 Å². The highest BCUT2D eigenvalue weighted by Gasteiger charge is 2.27. The van der Waals surface area contributed by atoms with E-state index < -0.39 is 5.91 Å². The molecule has 1 aliphatic rings. The zero-order valence-corrected chi connectivity index (χ0v) is 14.7. The lowest BCUT2D eigenvalue weighted by atomic mass is 10.0. The molecule has 1 aromatic carbocycles. The molecule has 1 aromatic heterocycles. The zero-order chi connectivity index (χ0) is 18.0. The maximum absolute atomic E-state index is 12.8. The highest BCUT2D eigenvalue weighted by molar-refractivity contribution is 7.15. The number of nitrogens with zero attached hydrogens (tertiary/aromatic N) is 1. The Morgan fingerprint density at radius 1 is 1.28 bits per heavy atom. The number of amides is 2. The number of thiophene rings is 1. The molecule has 0 bridgehead atoms. The second-order valence-electron chi connectivity index (χ2n) is 5.61. The van der Waals surface area contributed by atoms with Gasteiger partial charge in [0.1, 0.15) is 5.75 Å². The standard InChI is InChI=1S/C18H18N2O4S/c1-3-11-9-20(18(22)12-4-6-14(24-2)7-5-12)10-13-8-15(17(21)19-23)25-16(11)13/h3-8,23H,9-10H2,1-2H3,(H,19,21)/b11-3+. The van der Waals surface area contributed by atoms with E-state index in [0.29, 0.717) is 29.3 Å². The molecular formula is C18H18N2O4S. The second kappa shape index (κ2) is 7.08. The van der Waals surface area contributed by atoms with Gasteiger partial charge in [-0.2, -0.15) is 0 Å². The first-order valence-electron chi connectivity index (χ1n) is 7.73. The number of hydrogen-bond acceptors (Lipinski definition) is 5. The third-order valence-corrected chi connectivity index (χ3v) is 5.37. The van der Waals surface area contributed by atoms with Gasteiger partial charge in [0, 0.05) is 23.5 Å². The van der Waals surface area contributed by atoms with Gasteiger partial charge >= 0.3 is 0 Å². The van der Waals surface area contributed by atoms with Crippen molar-refractivity contribution in [2.75, 3.05) is 13.7 Å². The number of nitrogens with one attached hydrogen (secondary N) is 1. The summed E-state index contributed by atoms with van der Waals surface area (Å²) in [5.74, 6) is 0.0824. The van der Waals surface area contributed by atoms with Crippen molar-refractivity contribution in [1.29, 1.82) is 0 Å². The number of benzene rings is 1. The monoisotopic (exact) mass is 358 g/mol. The molecule has 25 heavy (non-hydrogen) atoms. The van der Waals surface area contributed by atoms with Gasteiger partial charge in [0.15, 0.2) is 0 Å². The average Bonchev–Trinajstić information content (AvgIpc) is 3.10. The average molecular weight is 358 g/mol. The maximum Gasteiger partial charge on any atom is 0.284 e. The number of fused-ring (bicyclic) bond motifs is 1. The van der Waals surface area contributed by atoms with E-state index in [1.165, 1.54) is 11.3 Å². The number of hydroxylamine groups is 1. The molecule has 130 valence electrons. The molecule has 2 N–H and O–H groups in total. The molecule has 0 spiro atoms. The number of carbonyl (C=O) groups excluding carboxylic acids is 2. The summed E-state index contributed by atoms with van der Waals surface area (Å²) in [6.07, 6.45) is 1.95. The highest BCUT2D eigenvalue weighted by Crippen LogP contribution is 2.35. The molecule has 0 saturated carbocycles. The molecule has 0 fully saturated rings. The summed E-state index contributed by atoms with van der Waals surface area (Å²) in [5, 5.41) is 8.82. The van der Waals surface area contributed by atoms with Crippen LogP contribution in [0, 0.1) is 0 Å². The van der Waals surface area contributed by atoms with Gasteiger partial charge in [0.25, 0.3) is 11.8 Å². The van der Waals surface area contributed by atoms with Crippen LogP contribution in [0.2, 0.25) is 0 Å². The van der Waals surface area contributed by atoms with E-state index >= 15 is 0 Å². The molecule has 2 amide bonds. The molecule has 0 aliphatic carbocycles. The van der Waals surface area contributed by atoms with E-state index in [1.54, 1.807) is 47.8 Å². The van der Waals surface area contributed by atoms with Crippen LogP contribution in [-0.2, 0) is 6.54 Å². The van der Waals surface area contributed by atoms with E-state index in [1.807, 2.05) is 13.0 Å². The van der Waals surface area contributed by atoms with Crippen LogP contribution >= 0.6 is 11.3 Å². The summed E-state index contributed by atoms with van der Waals surface area (Å²) in [6, 6.07) is 8.72. The fourth-order valence-electron chi connectivity index (χ4n) is 2.81. The first kappa shape index (κ1) is 17.2. The minimum atomic E-state index is -0.539. The van der Waals surface area contributed by atoms with Crippen LogP contribution in [0.25, 0.3) is 5.57 Å². The number of ether oxygens (including phenoxy) is 1. The highest BCUT2D eigenvalue weighted by atomic mass is 32.1. The Labute approximate surface area is 149 Å². The maximum atomic E-state index is 12.8. The molecular weight excluding hydrogens is 340 g/mol. The summed E-state index contributed by atoms with van der Waals surface area (Å²) in [6.45, 7) is 2.81. The molecule has 7 heteroatoms. The van der Waals surface area contributed by atoms with Crippen LogP contribution in [0.4, 0.5) is 0 Å². The van der Waals surface area contributed by atoms with Gasteiger partial charge in [-0.25, -0.2) is 5.48 Å². The number of carbonyl (C=O) groups is 2.